The summed E-state index contributed by atoms with van der Waals surface area (Å²) < 4.78 is 39.9. The molecule has 0 amide bonds. The molecule has 0 bridgehead atoms. The summed E-state index contributed by atoms with van der Waals surface area (Å²) in [6.07, 6.45) is 1.61. The molecule has 4 rings (SSSR count). The standard InChI is InChI=1S/C20H22F3N3/c1-14-24-11-15-7-9-19(18(15)25-14)8-4-10-26(13-19)12-16-5-2-3-6-17(16)20(21,22)23/h2-3,5-6,11H,4,7-10,12-13H2,1H3. The van der Waals surface area contributed by atoms with Gasteiger partial charge in [-0.2, -0.15) is 13.2 Å². The lowest BCUT2D eigenvalue weighted by Gasteiger charge is -2.40. The van der Waals surface area contributed by atoms with Crippen LogP contribution >= 0.6 is 0 Å². The second-order valence-electron chi connectivity index (χ2n) is 7.54. The van der Waals surface area contributed by atoms with E-state index in [1.165, 1.54) is 17.7 Å². The summed E-state index contributed by atoms with van der Waals surface area (Å²) in [7, 11) is 0. The number of hydrogen-bond donors (Lipinski definition) is 0. The third-order valence-corrected chi connectivity index (χ3v) is 5.73. The molecule has 2 aromatic rings. The van der Waals surface area contributed by atoms with Gasteiger partial charge in [-0.25, -0.2) is 9.97 Å². The topological polar surface area (TPSA) is 29.0 Å². The van der Waals surface area contributed by atoms with Crippen LogP contribution in [0, 0.1) is 6.92 Å². The first kappa shape index (κ1) is 17.5. The molecule has 0 radical (unpaired) electrons. The van der Waals surface area contributed by atoms with Crippen LogP contribution in [0.5, 0.6) is 0 Å². The van der Waals surface area contributed by atoms with E-state index >= 15 is 0 Å². The molecule has 1 aliphatic heterocycles. The van der Waals surface area contributed by atoms with Crippen molar-refractivity contribution in [2.24, 2.45) is 0 Å². The van der Waals surface area contributed by atoms with Crippen LogP contribution in [-0.4, -0.2) is 28.0 Å². The number of fused-ring (bicyclic) bond motifs is 2. The summed E-state index contributed by atoms with van der Waals surface area (Å²) in [6, 6.07) is 5.91. The predicted octanol–water partition coefficient (Wildman–Crippen LogP) is 4.28. The fourth-order valence-corrected chi connectivity index (χ4v) is 4.56. The molecule has 0 saturated carbocycles. The second kappa shape index (κ2) is 6.34. The SMILES string of the molecule is Cc1ncc2c(n1)C1(CCCN(Cc3ccccc3C(F)(F)F)C1)CC2. The van der Waals surface area contributed by atoms with Gasteiger partial charge in [-0.15, -0.1) is 0 Å². The van der Waals surface area contributed by atoms with Gasteiger partial charge in [-0.1, -0.05) is 18.2 Å². The van der Waals surface area contributed by atoms with Crippen LogP contribution in [0.1, 0.15) is 47.5 Å². The number of halogens is 3. The first-order valence-corrected chi connectivity index (χ1v) is 9.08. The number of hydrogen-bond acceptors (Lipinski definition) is 3. The molecule has 1 spiro atoms. The lowest BCUT2D eigenvalue weighted by molar-refractivity contribution is -0.138. The smallest absolute Gasteiger partial charge is 0.298 e. The summed E-state index contributed by atoms with van der Waals surface area (Å²) in [5, 5.41) is 0. The van der Waals surface area contributed by atoms with E-state index in [0.29, 0.717) is 12.1 Å². The summed E-state index contributed by atoms with van der Waals surface area (Å²) >= 11 is 0. The van der Waals surface area contributed by atoms with Crippen molar-refractivity contribution in [2.45, 2.75) is 50.7 Å². The van der Waals surface area contributed by atoms with E-state index in [-0.39, 0.29) is 5.41 Å². The van der Waals surface area contributed by atoms with Crippen molar-refractivity contribution in [2.75, 3.05) is 13.1 Å². The minimum Gasteiger partial charge on any atom is -0.298 e. The van der Waals surface area contributed by atoms with E-state index in [9.17, 15) is 13.2 Å². The first-order chi connectivity index (χ1) is 12.4. The number of rotatable bonds is 2. The number of piperidine rings is 1. The average molecular weight is 361 g/mol. The zero-order valence-electron chi connectivity index (χ0n) is 14.8. The van der Waals surface area contributed by atoms with Gasteiger partial charge in [0.2, 0.25) is 0 Å². The summed E-state index contributed by atoms with van der Waals surface area (Å²) in [5.41, 5.74) is 2.12. The van der Waals surface area contributed by atoms with Gasteiger partial charge in [0, 0.05) is 24.7 Å². The van der Waals surface area contributed by atoms with E-state index in [1.807, 2.05) is 13.1 Å². The summed E-state index contributed by atoms with van der Waals surface area (Å²) in [4.78, 5) is 11.2. The number of benzene rings is 1. The molecule has 6 heteroatoms. The Kier molecular flexibility index (Phi) is 4.26. The highest BCUT2D eigenvalue weighted by atomic mass is 19.4. The van der Waals surface area contributed by atoms with Crippen molar-refractivity contribution >= 4 is 0 Å². The monoisotopic (exact) mass is 361 g/mol. The molecule has 138 valence electrons. The highest BCUT2D eigenvalue weighted by Gasteiger charge is 2.44. The maximum Gasteiger partial charge on any atom is 0.416 e. The Balaban J connectivity index is 1.60. The minimum atomic E-state index is -4.31. The summed E-state index contributed by atoms with van der Waals surface area (Å²) in [5.74, 6) is 0.768. The number of nitrogens with zero attached hydrogens (tertiary/aromatic N) is 3. The molecule has 26 heavy (non-hydrogen) atoms. The van der Waals surface area contributed by atoms with Gasteiger partial charge < -0.3 is 0 Å². The van der Waals surface area contributed by atoms with Gasteiger partial charge in [-0.05, 0) is 56.3 Å². The second-order valence-corrected chi connectivity index (χ2v) is 7.54. The van der Waals surface area contributed by atoms with Crippen molar-refractivity contribution < 1.29 is 13.2 Å². The van der Waals surface area contributed by atoms with Gasteiger partial charge in [0.05, 0.1) is 11.3 Å². The molecule has 1 atom stereocenters. The van der Waals surface area contributed by atoms with Crippen LogP contribution in [0.25, 0.3) is 0 Å². The third-order valence-electron chi connectivity index (χ3n) is 5.73. The molecule has 1 aromatic carbocycles. The van der Waals surface area contributed by atoms with Crippen molar-refractivity contribution in [3.05, 3.63) is 58.7 Å². The Labute approximate surface area is 151 Å². The molecule has 1 aliphatic carbocycles. The molecular weight excluding hydrogens is 339 g/mol. The van der Waals surface area contributed by atoms with Crippen molar-refractivity contribution in [3.63, 3.8) is 0 Å². The van der Waals surface area contributed by atoms with Crippen molar-refractivity contribution in [3.8, 4) is 0 Å². The minimum absolute atomic E-state index is 0.0333. The average Bonchev–Trinajstić information content (AvgIpc) is 2.92. The van der Waals surface area contributed by atoms with Crippen LogP contribution in [0.4, 0.5) is 13.2 Å². The van der Waals surface area contributed by atoms with E-state index in [4.69, 9.17) is 4.98 Å². The lowest BCUT2D eigenvalue weighted by atomic mass is 9.77. The van der Waals surface area contributed by atoms with Crippen molar-refractivity contribution in [1.82, 2.24) is 14.9 Å². The number of likely N-dealkylation sites (tertiary alicyclic amines) is 1. The van der Waals surface area contributed by atoms with Gasteiger partial charge >= 0.3 is 6.18 Å². The predicted molar refractivity (Wildman–Crippen MR) is 92.7 cm³/mol. The molecular formula is C20H22F3N3. The normalized spacial score (nSPS) is 23.4. The molecule has 1 fully saturated rings. The molecule has 2 aliphatic rings. The van der Waals surface area contributed by atoms with Crippen LogP contribution in [0.2, 0.25) is 0 Å². The zero-order chi connectivity index (χ0) is 18.4. The highest BCUT2D eigenvalue weighted by Crippen LogP contribution is 2.44. The van der Waals surface area contributed by atoms with Gasteiger partial charge in [0.15, 0.2) is 0 Å². The van der Waals surface area contributed by atoms with Gasteiger partial charge in [0.1, 0.15) is 5.82 Å². The Hall–Kier alpha value is -1.95. The lowest BCUT2D eigenvalue weighted by Crippen LogP contribution is -2.45. The van der Waals surface area contributed by atoms with E-state index in [2.05, 4.69) is 9.88 Å². The van der Waals surface area contributed by atoms with Crippen LogP contribution in [0.15, 0.2) is 30.5 Å². The maximum atomic E-state index is 13.3. The van der Waals surface area contributed by atoms with Crippen LogP contribution in [-0.2, 0) is 24.6 Å². The number of aryl methyl sites for hydroxylation is 2. The van der Waals surface area contributed by atoms with Gasteiger partial charge in [-0.3, -0.25) is 4.90 Å². The Morgan fingerprint density at radius 3 is 2.81 bits per heavy atom. The molecule has 1 aromatic heterocycles. The molecule has 2 heterocycles. The molecule has 1 saturated heterocycles. The molecule has 0 N–H and O–H groups in total. The number of alkyl halides is 3. The largest absolute Gasteiger partial charge is 0.416 e. The quantitative estimate of drug-likeness (QED) is 0.799. The van der Waals surface area contributed by atoms with E-state index in [0.717, 1.165) is 50.3 Å². The molecule has 1 unspecified atom stereocenters. The molecule has 3 nitrogen and oxygen atoms in total. The Bertz CT molecular complexity index is 814. The maximum absolute atomic E-state index is 13.3. The first-order valence-electron chi connectivity index (χ1n) is 9.08. The zero-order valence-corrected chi connectivity index (χ0v) is 14.8. The summed E-state index contributed by atoms with van der Waals surface area (Å²) in [6.45, 7) is 3.82. The Morgan fingerprint density at radius 1 is 1.19 bits per heavy atom. The third kappa shape index (κ3) is 3.11. The van der Waals surface area contributed by atoms with Gasteiger partial charge in [0.25, 0.3) is 0 Å². The van der Waals surface area contributed by atoms with Crippen LogP contribution in [0.3, 0.4) is 0 Å². The van der Waals surface area contributed by atoms with Crippen molar-refractivity contribution in [1.29, 1.82) is 0 Å². The fourth-order valence-electron chi connectivity index (χ4n) is 4.56. The van der Waals surface area contributed by atoms with E-state index in [1.54, 1.807) is 12.1 Å². The Morgan fingerprint density at radius 2 is 2.00 bits per heavy atom. The van der Waals surface area contributed by atoms with E-state index < -0.39 is 11.7 Å². The fraction of sp³-hybridized carbons (Fsp3) is 0.500. The highest BCUT2D eigenvalue weighted by molar-refractivity contribution is 5.34. The van der Waals surface area contributed by atoms with Crippen LogP contribution < -0.4 is 0 Å². The number of aromatic nitrogens is 2.